The molecular formula is C36H38F4N6O6. The number of aryl methyl sites for hydroxylation is 1. The number of hydrogen-bond donors (Lipinski definition) is 2. The van der Waals surface area contributed by atoms with Gasteiger partial charge < -0.3 is 29.5 Å². The molecule has 1 amide bonds. The number of nitrogens with one attached hydrogen (secondary N) is 1. The first-order valence-corrected chi connectivity index (χ1v) is 16.7. The van der Waals surface area contributed by atoms with Crippen molar-refractivity contribution in [2.24, 2.45) is 7.05 Å². The van der Waals surface area contributed by atoms with Crippen LogP contribution in [0.3, 0.4) is 0 Å². The lowest BCUT2D eigenvalue weighted by Gasteiger charge is -2.39. The van der Waals surface area contributed by atoms with E-state index >= 15 is 4.39 Å². The Morgan fingerprint density at radius 2 is 1.67 bits per heavy atom. The number of alkyl halides is 3. The Balaban J connectivity index is 1.34. The first-order valence-electron chi connectivity index (χ1n) is 16.7. The maximum atomic E-state index is 16.1. The average Bonchev–Trinajstić information content (AvgIpc) is 3.10. The second-order valence-corrected chi connectivity index (χ2v) is 13.1. The van der Waals surface area contributed by atoms with Crippen molar-refractivity contribution in [1.82, 2.24) is 24.3 Å². The van der Waals surface area contributed by atoms with E-state index in [1.165, 1.54) is 29.9 Å². The summed E-state index contributed by atoms with van der Waals surface area (Å²) in [6.45, 7) is 1.77. The van der Waals surface area contributed by atoms with Gasteiger partial charge in [0.2, 0.25) is 0 Å². The Labute approximate surface area is 295 Å². The van der Waals surface area contributed by atoms with E-state index < -0.39 is 59.4 Å². The number of morpholine rings is 1. The smallest absolute Gasteiger partial charge is 0.411 e. The van der Waals surface area contributed by atoms with Crippen LogP contribution >= 0.6 is 0 Å². The Morgan fingerprint density at radius 1 is 0.962 bits per heavy atom. The van der Waals surface area contributed by atoms with Crippen LogP contribution in [0.15, 0.2) is 70.4 Å². The SMILES string of the molecule is CN1CCN(Cc2cc(N3CCOC[C@@H]3C(F)(F)F)cc(F)c2C(=O)N[C@@H](Cc2cccc3c(-n4c(=O)ccn(C)c4=O)cccc23)C(=O)O)CC1. The van der Waals surface area contributed by atoms with Crippen molar-refractivity contribution in [1.29, 1.82) is 0 Å². The summed E-state index contributed by atoms with van der Waals surface area (Å²) in [4.78, 5) is 57.2. The van der Waals surface area contributed by atoms with Crippen molar-refractivity contribution < 1.29 is 37.0 Å². The normalized spacial score (nSPS) is 18.0. The molecule has 0 radical (unpaired) electrons. The molecule has 2 N–H and O–H groups in total. The number of rotatable bonds is 9. The van der Waals surface area contributed by atoms with Crippen molar-refractivity contribution in [2.75, 3.05) is 57.9 Å². The molecule has 16 heteroatoms. The Kier molecular flexibility index (Phi) is 10.5. The van der Waals surface area contributed by atoms with E-state index in [0.29, 0.717) is 42.5 Å². The zero-order chi connectivity index (χ0) is 37.3. The number of carbonyl (C=O) groups excluding carboxylic acids is 1. The zero-order valence-electron chi connectivity index (χ0n) is 28.5. The molecule has 4 aromatic rings. The highest BCUT2D eigenvalue weighted by Gasteiger charge is 2.46. The maximum absolute atomic E-state index is 16.1. The molecule has 0 spiro atoms. The van der Waals surface area contributed by atoms with Gasteiger partial charge in [-0.05, 0) is 41.8 Å². The number of anilines is 1. The predicted molar refractivity (Wildman–Crippen MR) is 185 cm³/mol. The van der Waals surface area contributed by atoms with Gasteiger partial charge in [-0.25, -0.2) is 18.5 Å². The summed E-state index contributed by atoms with van der Waals surface area (Å²) in [5.74, 6) is -3.52. The van der Waals surface area contributed by atoms with Gasteiger partial charge in [0.1, 0.15) is 17.9 Å². The number of aromatic nitrogens is 2. The molecule has 0 unspecified atom stereocenters. The van der Waals surface area contributed by atoms with Crippen molar-refractivity contribution in [3.63, 3.8) is 0 Å². The standard InChI is InChI=1S/C36H38F4N6O6/c1-42-11-13-44(14-12-42)20-23-17-24(45-15-16-52-21-30(45)36(38,39)40)19-27(37)32(23)33(48)41-28(34(49)50)18-22-5-3-7-26-25(22)6-4-8-29(26)46-31(47)9-10-43(2)35(46)51/h3-10,17,19,28,30H,11-16,18,20-21H2,1-2H3,(H,41,48)(H,49,50)/t28-,30+/m0/s1. The van der Waals surface area contributed by atoms with Crippen LogP contribution in [0.4, 0.5) is 23.2 Å². The second-order valence-electron chi connectivity index (χ2n) is 13.1. The molecule has 3 heterocycles. The third-order valence-corrected chi connectivity index (χ3v) is 9.62. The van der Waals surface area contributed by atoms with Gasteiger partial charge in [0.05, 0.1) is 24.5 Å². The topological polar surface area (TPSA) is 129 Å². The predicted octanol–water partition coefficient (Wildman–Crippen LogP) is 2.77. The van der Waals surface area contributed by atoms with Gasteiger partial charge in [0.15, 0.2) is 0 Å². The Bertz CT molecular complexity index is 2110. The summed E-state index contributed by atoms with van der Waals surface area (Å²) in [6, 6.07) is 9.79. The number of carboxylic acid groups (broad SMARTS) is 1. The van der Waals surface area contributed by atoms with Crippen LogP contribution in [0.1, 0.15) is 21.5 Å². The van der Waals surface area contributed by atoms with E-state index in [1.807, 2.05) is 11.9 Å². The van der Waals surface area contributed by atoms with Crippen molar-refractivity contribution in [3.05, 3.63) is 104 Å². The number of carboxylic acids is 1. The minimum Gasteiger partial charge on any atom is -0.480 e. The van der Waals surface area contributed by atoms with E-state index in [2.05, 4.69) is 10.2 Å². The lowest BCUT2D eigenvalue weighted by atomic mass is 9.97. The third-order valence-electron chi connectivity index (χ3n) is 9.62. The maximum Gasteiger partial charge on any atom is 0.411 e. The fraction of sp³-hybridized carbons (Fsp3) is 0.389. The molecule has 2 aliphatic rings. The highest BCUT2D eigenvalue weighted by Crippen LogP contribution is 2.34. The van der Waals surface area contributed by atoms with Crippen LogP contribution in [0, 0.1) is 5.82 Å². The van der Waals surface area contributed by atoms with Crippen LogP contribution in [0.25, 0.3) is 16.5 Å². The minimum atomic E-state index is -4.66. The van der Waals surface area contributed by atoms with Gasteiger partial charge in [0, 0.05) is 76.1 Å². The zero-order valence-corrected chi connectivity index (χ0v) is 28.5. The number of amides is 1. The molecule has 6 rings (SSSR count). The minimum absolute atomic E-state index is 0.00107. The van der Waals surface area contributed by atoms with E-state index in [4.69, 9.17) is 4.74 Å². The van der Waals surface area contributed by atoms with Gasteiger partial charge in [-0.15, -0.1) is 0 Å². The average molecular weight is 727 g/mol. The number of likely N-dealkylation sites (N-methyl/N-ethyl adjacent to an activating group) is 1. The number of piperazine rings is 1. The van der Waals surface area contributed by atoms with Crippen LogP contribution in [0.5, 0.6) is 0 Å². The van der Waals surface area contributed by atoms with Crippen LogP contribution < -0.4 is 21.5 Å². The fourth-order valence-electron chi connectivity index (χ4n) is 6.79. The molecule has 276 valence electrons. The van der Waals surface area contributed by atoms with Gasteiger partial charge in [-0.3, -0.25) is 14.5 Å². The molecule has 2 fully saturated rings. The van der Waals surface area contributed by atoms with E-state index in [9.17, 15) is 37.5 Å². The molecule has 0 bridgehead atoms. The van der Waals surface area contributed by atoms with Crippen molar-refractivity contribution >= 4 is 28.3 Å². The van der Waals surface area contributed by atoms with Gasteiger partial charge >= 0.3 is 17.8 Å². The summed E-state index contributed by atoms with van der Waals surface area (Å²) in [7, 11) is 3.45. The quantitative estimate of drug-likeness (QED) is 0.251. The van der Waals surface area contributed by atoms with Gasteiger partial charge in [-0.1, -0.05) is 30.3 Å². The molecule has 2 atom stereocenters. The molecule has 3 aromatic carbocycles. The number of carbonyl (C=O) groups is 2. The molecule has 52 heavy (non-hydrogen) atoms. The third kappa shape index (κ3) is 7.59. The van der Waals surface area contributed by atoms with Crippen LogP contribution in [-0.2, 0) is 29.5 Å². The number of halogens is 4. The first kappa shape index (κ1) is 36.7. The van der Waals surface area contributed by atoms with Crippen molar-refractivity contribution in [3.8, 4) is 5.69 Å². The molecule has 1 aromatic heterocycles. The van der Waals surface area contributed by atoms with Crippen LogP contribution in [-0.4, -0.2) is 107 Å². The number of benzene rings is 3. The molecule has 0 saturated carbocycles. The van der Waals surface area contributed by atoms with E-state index in [1.54, 1.807) is 36.4 Å². The number of nitrogens with zero attached hydrogens (tertiary/aromatic N) is 5. The first-order chi connectivity index (χ1) is 24.7. The molecule has 12 nitrogen and oxygen atoms in total. The largest absolute Gasteiger partial charge is 0.480 e. The summed E-state index contributed by atoms with van der Waals surface area (Å²) >= 11 is 0. The second kappa shape index (κ2) is 14.9. The molecule has 0 aliphatic carbocycles. The summed E-state index contributed by atoms with van der Waals surface area (Å²) in [5.41, 5.74) is -0.776. The summed E-state index contributed by atoms with van der Waals surface area (Å²) in [5, 5.41) is 13.7. The summed E-state index contributed by atoms with van der Waals surface area (Å²) < 4.78 is 65.4. The highest BCUT2D eigenvalue weighted by molar-refractivity contribution is 5.99. The van der Waals surface area contributed by atoms with Gasteiger partial charge in [0.25, 0.3) is 11.5 Å². The number of aliphatic carboxylic acids is 1. The Hall–Kier alpha value is -5.06. The number of ether oxygens (including phenoxy) is 1. The lowest BCUT2D eigenvalue weighted by molar-refractivity contribution is -0.167. The number of fused-ring (bicyclic) bond motifs is 1. The number of hydrogen-bond acceptors (Lipinski definition) is 8. The molecule has 2 saturated heterocycles. The molecular weight excluding hydrogens is 688 g/mol. The van der Waals surface area contributed by atoms with Gasteiger partial charge in [-0.2, -0.15) is 13.2 Å². The summed E-state index contributed by atoms with van der Waals surface area (Å²) in [6.07, 6.45) is -3.56. The van der Waals surface area contributed by atoms with Crippen LogP contribution in [0.2, 0.25) is 0 Å². The fourth-order valence-corrected chi connectivity index (χ4v) is 6.79. The van der Waals surface area contributed by atoms with E-state index in [0.717, 1.165) is 15.5 Å². The Morgan fingerprint density at radius 3 is 2.38 bits per heavy atom. The van der Waals surface area contributed by atoms with Crippen molar-refractivity contribution in [2.45, 2.75) is 31.2 Å². The molecule has 2 aliphatic heterocycles. The monoisotopic (exact) mass is 726 g/mol. The van der Waals surface area contributed by atoms with E-state index in [-0.39, 0.29) is 43.1 Å². The lowest BCUT2D eigenvalue weighted by Crippen LogP contribution is -2.53. The highest BCUT2D eigenvalue weighted by atomic mass is 19.4.